The highest BCUT2D eigenvalue weighted by Crippen LogP contribution is 2.28. The Kier molecular flexibility index (Phi) is 2.65. The summed E-state index contributed by atoms with van der Waals surface area (Å²) >= 11 is 6.12. The van der Waals surface area contributed by atoms with E-state index in [2.05, 4.69) is 15.3 Å². The molecule has 1 aromatic heterocycles. The predicted molar refractivity (Wildman–Crippen MR) is 63.3 cm³/mol. The molecule has 1 N–H and O–H groups in total. The molecule has 0 amide bonds. The van der Waals surface area contributed by atoms with E-state index in [0.717, 1.165) is 29.1 Å². The molecule has 2 saturated heterocycles. The molecule has 0 spiro atoms. The van der Waals surface area contributed by atoms with Crippen LogP contribution in [0.4, 0.5) is 0 Å². The molecule has 16 heavy (non-hydrogen) atoms. The van der Waals surface area contributed by atoms with Crippen LogP contribution in [0.25, 0.3) is 0 Å². The van der Waals surface area contributed by atoms with E-state index in [4.69, 9.17) is 11.6 Å². The monoisotopic (exact) mass is 240 g/mol. The molecule has 2 aliphatic heterocycles. The number of nitrogens with zero attached hydrogens (tertiary/aromatic N) is 3. The van der Waals surface area contributed by atoms with Crippen LogP contribution in [-0.4, -0.2) is 40.9 Å². The Labute approximate surface area is 101 Å². The number of hydrogen-bond donors (Lipinski definition) is 1. The Morgan fingerprint density at radius 2 is 2.12 bits per heavy atom. The summed E-state index contributed by atoms with van der Waals surface area (Å²) in [6.07, 6.45) is 1.73. The second-order valence-corrected chi connectivity index (χ2v) is 5.34. The van der Waals surface area contributed by atoms with Gasteiger partial charge in [0.1, 0.15) is 0 Å². The van der Waals surface area contributed by atoms with Gasteiger partial charge in [0, 0.05) is 26.7 Å². The minimum Gasteiger partial charge on any atom is -0.316 e. The predicted octanol–water partition coefficient (Wildman–Crippen LogP) is 0.725. The molecule has 2 atom stereocenters. The summed E-state index contributed by atoms with van der Waals surface area (Å²) in [7, 11) is 1.96. The highest BCUT2D eigenvalue weighted by molar-refractivity contribution is 6.31. The Morgan fingerprint density at radius 3 is 2.69 bits per heavy atom. The number of aryl methyl sites for hydroxylation is 1. The smallest absolute Gasteiger partial charge is 0.0831 e. The minimum atomic E-state index is 0.790. The van der Waals surface area contributed by atoms with Gasteiger partial charge in [0.05, 0.1) is 16.9 Å². The molecule has 0 saturated carbocycles. The molecule has 5 heteroatoms. The molecule has 2 aliphatic rings. The quantitative estimate of drug-likeness (QED) is 0.827. The molecule has 0 unspecified atom stereocenters. The fraction of sp³-hybridized carbons (Fsp3) is 0.727. The van der Waals surface area contributed by atoms with Gasteiger partial charge in [-0.15, -0.1) is 0 Å². The number of hydrogen-bond acceptors (Lipinski definition) is 3. The average molecular weight is 241 g/mol. The van der Waals surface area contributed by atoms with Crippen molar-refractivity contribution in [3.8, 4) is 0 Å². The van der Waals surface area contributed by atoms with Crippen molar-refractivity contribution in [1.29, 1.82) is 0 Å². The summed E-state index contributed by atoms with van der Waals surface area (Å²) in [6, 6.07) is 0. The molecule has 3 heterocycles. The molecular formula is C11H17ClN4. The summed E-state index contributed by atoms with van der Waals surface area (Å²) in [5.41, 5.74) is 1.13. The fourth-order valence-electron chi connectivity index (χ4n) is 2.91. The maximum absolute atomic E-state index is 6.12. The molecule has 0 radical (unpaired) electrons. The molecule has 0 bridgehead atoms. The van der Waals surface area contributed by atoms with Crippen LogP contribution >= 0.6 is 11.6 Å². The first-order valence-electron chi connectivity index (χ1n) is 5.83. The van der Waals surface area contributed by atoms with Crippen molar-refractivity contribution in [2.75, 3.05) is 26.2 Å². The minimum absolute atomic E-state index is 0.790. The lowest BCUT2D eigenvalue weighted by Gasteiger charge is -2.17. The molecular weight excluding hydrogens is 224 g/mol. The number of nitrogens with one attached hydrogen (secondary N) is 1. The Hall–Kier alpha value is -0.580. The Morgan fingerprint density at radius 1 is 1.44 bits per heavy atom. The average Bonchev–Trinajstić information content (AvgIpc) is 2.88. The Bertz CT molecular complexity index is 358. The van der Waals surface area contributed by atoms with Gasteiger partial charge in [-0.05, 0) is 24.9 Å². The van der Waals surface area contributed by atoms with E-state index in [9.17, 15) is 0 Å². The molecule has 0 aromatic carbocycles. The third-order valence-corrected chi connectivity index (χ3v) is 4.16. The molecule has 0 aliphatic carbocycles. The molecule has 1 aromatic rings. The van der Waals surface area contributed by atoms with Crippen molar-refractivity contribution < 1.29 is 0 Å². The largest absolute Gasteiger partial charge is 0.316 e. The van der Waals surface area contributed by atoms with E-state index in [0.29, 0.717) is 0 Å². The van der Waals surface area contributed by atoms with Crippen LogP contribution in [0.15, 0.2) is 6.20 Å². The van der Waals surface area contributed by atoms with Gasteiger partial charge in [-0.2, -0.15) is 5.10 Å². The van der Waals surface area contributed by atoms with E-state index in [1.165, 1.54) is 26.2 Å². The molecule has 3 rings (SSSR count). The third kappa shape index (κ3) is 1.75. The second-order valence-electron chi connectivity index (χ2n) is 4.94. The fourth-order valence-corrected chi connectivity index (χ4v) is 3.13. The number of likely N-dealkylation sites (tertiary alicyclic amines) is 1. The van der Waals surface area contributed by atoms with Crippen molar-refractivity contribution in [1.82, 2.24) is 20.0 Å². The van der Waals surface area contributed by atoms with Gasteiger partial charge < -0.3 is 5.32 Å². The normalized spacial score (nSPS) is 29.9. The summed E-state index contributed by atoms with van der Waals surface area (Å²) in [5.74, 6) is 1.68. The molecule has 4 nitrogen and oxygen atoms in total. The summed E-state index contributed by atoms with van der Waals surface area (Å²) < 4.78 is 1.88. The van der Waals surface area contributed by atoms with Gasteiger partial charge in [-0.25, -0.2) is 0 Å². The van der Waals surface area contributed by atoms with Crippen molar-refractivity contribution >= 4 is 11.6 Å². The molecule has 88 valence electrons. The van der Waals surface area contributed by atoms with Crippen LogP contribution in [0.1, 0.15) is 5.69 Å². The summed E-state index contributed by atoms with van der Waals surface area (Å²) in [4.78, 5) is 2.50. The van der Waals surface area contributed by atoms with Crippen LogP contribution in [0.3, 0.4) is 0 Å². The highest BCUT2D eigenvalue weighted by Gasteiger charge is 2.36. The lowest BCUT2D eigenvalue weighted by Crippen LogP contribution is -2.26. The highest BCUT2D eigenvalue weighted by atomic mass is 35.5. The zero-order chi connectivity index (χ0) is 11.1. The van der Waals surface area contributed by atoms with E-state index >= 15 is 0 Å². The van der Waals surface area contributed by atoms with E-state index in [1.54, 1.807) is 6.20 Å². The second kappa shape index (κ2) is 4.02. The van der Waals surface area contributed by atoms with Gasteiger partial charge in [0.25, 0.3) is 0 Å². The first kappa shape index (κ1) is 10.6. The number of halogens is 1. The van der Waals surface area contributed by atoms with Gasteiger partial charge in [-0.3, -0.25) is 9.58 Å². The van der Waals surface area contributed by atoms with Crippen molar-refractivity contribution in [2.45, 2.75) is 6.54 Å². The zero-order valence-corrected chi connectivity index (χ0v) is 10.2. The SMILES string of the molecule is Cn1ncc(Cl)c1CN1C[C@H]2CNC[C@H]2C1. The van der Waals surface area contributed by atoms with Crippen LogP contribution < -0.4 is 5.32 Å². The standard InChI is InChI=1S/C11H17ClN4/c1-15-11(10(12)4-14-15)7-16-5-8-2-13-3-9(8)6-16/h4,8-9,13H,2-3,5-7H2,1H3/t8-,9+. The van der Waals surface area contributed by atoms with E-state index in [-0.39, 0.29) is 0 Å². The summed E-state index contributed by atoms with van der Waals surface area (Å²) in [6.45, 7) is 5.68. The van der Waals surface area contributed by atoms with E-state index < -0.39 is 0 Å². The van der Waals surface area contributed by atoms with E-state index in [1.807, 2.05) is 11.7 Å². The van der Waals surface area contributed by atoms with Crippen LogP contribution in [0.2, 0.25) is 5.02 Å². The summed E-state index contributed by atoms with van der Waals surface area (Å²) in [5, 5.41) is 8.42. The first-order chi connectivity index (χ1) is 7.74. The van der Waals surface area contributed by atoms with Crippen LogP contribution in [0.5, 0.6) is 0 Å². The van der Waals surface area contributed by atoms with Crippen molar-refractivity contribution in [3.63, 3.8) is 0 Å². The topological polar surface area (TPSA) is 33.1 Å². The zero-order valence-electron chi connectivity index (χ0n) is 9.49. The maximum Gasteiger partial charge on any atom is 0.0831 e. The third-order valence-electron chi connectivity index (χ3n) is 3.85. The lowest BCUT2D eigenvalue weighted by atomic mass is 10.0. The lowest BCUT2D eigenvalue weighted by molar-refractivity contribution is 0.297. The van der Waals surface area contributed by atoms with Gasteiger partial charge in [-0.1, -0.05) is 11.6 Å². The van der Waals surface area contributed by atoms with Crippen molar-refractivity contribution in [3.05, 3.63) is 16.9 Å². The van der Waals surface area contributed by atoms with Crippen LogP contribution in [-0.2, 0) is 13.6 Å². The maximum atomic E-state index is 6.12. The first-order valence-corrected chi connectivity index (χ1v) is 6.21. The molecule has 2 fully saturated rings. The number of aromatic nitrogens is 2. The van der Waals surface area contributed by atoms with Crippen LogP contribution in [0, 0.1) is 11.8 Å². The van der Waals surface area contributed by atoms with Gasteiger partial charge in [0.15, 0.2) is 0 Å². The Balaban J connectivity index is 1.68. The number of rotatable bonds is 2. The van der Waals surface area contributed by atoms with Gasteiger partial charge in [0.2, 0.25) is 0 Å². The van der Waals surface area contributed by atoms with Gasteiger partial charge >= 0.3 is 0 Å². The number of fused-ring (bicyclic) bond motifs is 1. The van der Waals surface area contributed by atoms with Crippen molar-refractivity contribution in [2.24, 2.45) is 18.9 Å².